The summed E-state index contributed by atoms with van der Waals surface area (Å²) in [7, 11) is 0. The molecule has 0 radical (unpaired) electrons. The fourth-order valence-corrected chi connectivity index (χ4v) is 1.47. The summed E-state index contributed by atoms with van der Waals surface area (Å²) in [5.74, 6) is -0.614. The smallest absolute Gasteiger partial charge is 0.350 e. The third-order valence-electron chi connectivity index (χ3n) is 2.37. The van der Waals surface area contributed by atoms with E-state index in [0.29, 0.717) is 0 Å². The van der Waals surface area contributed by atoms with Gasteiger partial charge in [-0.2, -0.15) is 5.26 Å². The van der Waals surface area contributed by atoms with Crippen LogP contribution in [0.5, 0.6) is 0 Å². The first-order valence-electron chi connectivity index (χ1n) is 5.69. The number of hydrogen-bond donors (Lipinski definition) is 1. The van der Waals surface area contributed by atoms with Crippen molar-refractivity contribution in [3.63, 3.8) is 0 Å². The molecule has 0 unspecified atom stereocenters. The van der Waals surface area contributed by atoms with Gasteiger partial charge in [0, 0.05) is 11.9 Å². The molecule has 0 aliphatic rings. The van der Waals surface area contributed by atoms with E-state index in [1.54, 1.807) is 6.92 Å². The van der Waals surface area contributed by atoms with Gasteiger partial charge in [0.1, 0.15) is 6.07 Å². The molecule has 0 spiro atoms. The van der Waals surface area contributed by atoms with Crippen LogP contribution in [0.25, 0.3) is 0 Å². The van der Waals surface area contributed by atoms with Gasteiger partial charge in [-0.1, -0.05) is 17.7 Å². The maximum Gasteiger partial charge on any atom is 0.350 e. The van der Waals surface area contributed by atoms with Crippen molar-refractivity contribution in [3.8, 4) is 6.07 Å². The number of aryl methyl sites for hydroxylation is 2. The molecule has 0 bridgehead atoms. The Balaban J connectivity index is 2.84. The average molecular weight is 244 g/mol. The van der Waals surface area contributed by atoms with Crippen molar-refractivity contribution in [2.24, 2.45) is 0 Å². The van der Waals surface area contributed by atoms with Crippen molar-refractivity contribution in [2.45, 2.75) is 20.8 Å². The SMILES string of the molecule is CCOC(=O)/C(C#N)=C/Nc1ccc(C)cc1C. The van der Waals surface area contributed by atoms with E-state index in [2.05, 4.69) is 5.32 Å². The van der Waals surface area contributed by atoms with Gasteiger partial charge in [0.2, 0.25) is 0 Å². The highest BCUT2D eigenvalue weighted by atomic mass is 16.5. The molecule has 0 atom stereocenters. The summed E-state index contributed by atoms with van der Waals surface area (Å²) in [6.07, 6.45) is 1.37. The third kappa shape index (κ3) is 3.63. The number of nitrogens with one attached hydrogen (secondary N) is 1. The second-order valence-corrected chi connectivity index (χ2v) is 3.85. The van der Waals surface area contributed by atoms with E-state index >= 15 is 0 Å². The van der Waals surface area contributed by atoms with Gasteiger partial charge in [-0.15, -0.1) is 0 Å². The predicted octanol–water partition coefficient (Wildman–Crippen LogP) is 2.69. The number of esters is 1. The molecule has 4 heteroatoms. The van der Waals surface area contributed by atoms with Crippen LogP contribution in [0.3, 0.4) is 0 Å². The number of carbonyl (C=O) groups is 1. The van der Waals surface area contributed by atoms with Crippen molar-refractivity contribution in [3.05, 3.63) is 41.1 Å². The van der Waals surface area contributed by atoms with Crippen molar-refractivity contribution in [2.75, 3.05) is 11.9 Å². The van der Waals surface area contributed by atoms with E-state index in [-0.39, 0.29) is 12.2 Å². The van der Waals surface area contributed by atoms with Gasteiger partial charge in [-0.25, -0.2) is 4.79 Å². The Labute approximate surface area is 107 Å². The van der Waals surface area contributed by atoms with Crippen molar-refractivity contribution in [1.29, 1.82) is 5.26 Å². The summed E-state index contributed by atoms with van der Waals surface area (Å²) in [5.41, 5.74) is 3.02. The Morgan fingerprint density at radius 1 is 1.50 bits per heavy atom. The maximum absolute atomic E-state index is 11.4. The summed E-state index contributed by atoms with van der Waals surface area (Å²) in [6, 6.07) is 7.69. The maximum atomic E-state index is 11.4. The van der Waals surface area contributed by atoms with E-state index in [4.69, 9.17) is 10.00 Å². The molecule has 94 valence electrons. The monoisotopic (exact) mass is 244 g/mol. The number of carbonyl (C=O) groups excluding carboxylic acids is 1. The minimum Gasteiger partial charge on any atom is -0.462 e. The molecule has 0 amide bonds. The van der Waals surface area contributed by atoms with Crippen molar-refractivity contribution in [1.82, 2.24) is 0 Å². The van der Waals surface area contributed by atoms with Crippen LogP contribution in [-0.2, 0) is 9.53 Å². The highest BCUT2D eigenvalue weighted by molar-refractivity contribution is 5.93. The van der Waals surface area contributed by atoms with Gasteiger partial charge in [0.15, 0.2) is 5.57 Å². The van der Waals surface area contributed by atoms with Gasteiger partial charge in [0.25, 0.3) is 0 Å². The lowest BCUT2D eigenvalue weighted by atomic mass is 10.1. The molecule has 1 N–H and O–H groups in total. The molecule has 0 saturated heterocycles. The first kappa shape index (κ1) is 13.8. The number of hydrogen-bond acceptors (Lipinski definition) is 4. The number of rotatable bonds is 4. The average Bonchev–Trinajstić information content (AvgIpc) is 2.32. The van der Waals surface area contributed by atoms with E-state index in [1.807, 2.05) is 38.1 Å². The fraction of sp³-hybridized carbons (Fsp3) is 0.286. The Bertz CT molecular complexity index is 513. The second-order valence-electron chi connectivity index (χ2n) is 3.85. The Hall–Kier alpha value is -2.28. The normalized spacial score (nSPS) is 10.7. The summed E-state index contributed by atoms with van der Waals surface area (Å²) < 4.78 is 4.76. The van der Waals surface area contributed by atoms with Crippen LogP contribution in [0.15, 0.2) is 30.0 Å². The van der Waals surface area contributed by atoms with Crippen LogP contribution >= 0.6 is 0 Å². The molecule has 0 aliphatic carbocycles. The lowest BCUT2D eigenvalue weighted by Crippen LogP contribution is -2.08. The molecule has 0 aromatic heterocycles. The zero-order chi connectivity index (χ0) is 13.5. The van der Waals surface area contributed by atoms with Gasteiger partial charge in [-0.05, 0) is 32.4 Å². The van der Waals surface area contributed by atoms with E-state index in [0.717, 1.165) is 16.8 Å². The van der Waals surface area contributed by atoms with Crippen LogP contribution in [0.4, 0.5) is 5.69 Å². The number of nitrogens with zero attached hydrogens (tertiary/aromatic N) is 1. The number of ether oxygens (including phenoxy) is 1. The Kier molecular flexibility index (Phi) is 4.94. The topological polar surface area (TPSA) is 62.1 Å². The number of nitriles is 1. The minimum absolute atomic E-state index is 0.0446. The van der Waals surface area contributed by atoms with Gasteiger partial charge >= 0.3 is 5.97 Å². The van der Waals surface area contributed by atoms with Crippen LogP contribution in [0.1, 0.15) is 18.1 Å². The molecule has 1 rings (SSSR count). The number of anilines is 1. The zero-order valence-electron chi connectivity index (χ0n) is 10.8. The lowest BCUT2D eigenvalue weighted by Gasteiger charge is -2.07. The standard InChI is InChI=1S/C14H16N2O2/c1-4-18-14(17)12(8-15)9-16-13-6-5-10(2)7-11(13)3/h5-7,9,16H,4H2,1-3H3/b12-9+. The molecule has 4 nitrogen and oxygen atoms in total. The molecule has 0 saturated carbocycles. The quantitative estimate of drug-likeness (QED) is 0.502. The summed E-state index contributed by atoms with van der Waals surface area (Å²) in [5, 5.41) is 11.8. The van der Waals surface area contributed by atoms with Gasteiger partial charge < -0.3 is 10.1 Å². The largest absolute Gasteiger partial charge is 0.462 e. The molecule has 0 fully saturated rings. The van der Waals surface area contributed by atoms with Crippen LogP contribution in [0.2, 0.25) is 0 Å². The van der Waals surface area contributed by atoms with E-state index in [9.17, 15) is 4.79 Å². The molecule has 18 heavy (non-hydrogen) atoms. The third-order valence-corrected chi connectivity index (χ3v) is 2.37. The van der Waals surface area contributed by atoms with E-state index < -0.39 is 5.97 Å². The van der Waals surface area contributed by atoms with E-state index in [1.165, 1.54) is 6.20 Å². The Morgan fingerprint density at radius 2 is 2.22 bits per heavy atom. The summed E-state index contributed by atoms with van der Waals surface area (Å²) >= 11 is 0. The first-order chi connectivity index (χ1) is 8.58. The minimum atomic E-state index is -0.614. The molecule has 0 aliphatic heterocycles. The molecule has 0 heterocycles. The van der Waals surface area contributed by atoms with Gasteiger partial charge in [0.05, 0.1) is 6.61 Å². The van der Waals surface area contributed by atoms with Crippen molar-refractivity contribution >= 4 is 11.7 Å². The van der Waals surface area contributed by atoms with Crippen LogP contribution in [-0.4, -0.2) is 12.6 Å². The fourth-order valence-electron chi connectivity index (χ4n) is 1.47. The highest BCUT2D eigenvalue weighted by Crippen LogP contribution is 2.16. The first-order valence-corrected chi connectivity index (χ1v) is 5.69. The summed E-state index contributed by atoms with van der Waals surface area (Å²) in [6.45, 7) is 5.91. The summed E-state index contributed by atoms with van der Waals surface area (Å²) in [4.78, 5) is 11.4. The van der Waals surface area contributed by atoms with Crippen LogP contribution in [0, 0.1) is 25.2 Å². The van der Waals surface area contributed by atoms with Gasteiger partial charge in [-0.3, -0.25) is 0 Å². The molecular formula is C14H16N2O2. The zero-order valence-corrected chi connectivity index (χ0v) is 10.8. The molecule has 1 aromatic carbocycles. The number of benzene rings is 1. The highest BCUT2D eigenvalue weighted by Gasteiger charge is 2.09. The Morgan fingerprint density at radius 3 is 2.78 bits per heavy atom. The molecule has 1 aromatic rings. The second kappa shape index (κ2) is 6.45. The molecular weight excluding hydrogens is 228 g/mol. The van der Waals surface area contributed by atoms with Crippen molar-refractivity contribution < 1.29 is 9.53 Å². The predicted molar refractivity (Wildman–Crippen MR) is 69.9 cm³/mol. The van der Waals surface area contributed by atoms with Crippen LogP contribution < -0.4 is 5.32 Å². The lowest BCUT2D eigenvalue weighted by molar-refractivity contribution is -0.138.